The van der Waals surface area contributed by atoms with E-state index < -0.39 is 0 Å². The van der Waals surface area contributed by atoms with E-state index in [1.54, 1.807) is 14.2 Å². The zero-order valence-electron chi connectivity index (χ0n) is 10.6. The molecule has 0 atom stereocenters. The second kappa shape index (κ2) is 6.38. The molecule has 3 nitrogen and oxygen atoms in total. The van der Waals surface area contributed by atoms with Gasteiger partial charge in [0.2, 0.25) is 0 Å². The molecule has 90 valence electrons. The van der Waals surface area contributed by atoms with Crippen molar-refractivity contribution in [1.82, 2.24) is 5.32 Å². The van der Waals surface area contributed by atoms with Crippen molar-refractivity contribution >= 4 is 0 Å². The number of hydrogen-bond donors (Lipinski definition) is 1. The Labute approximate surface area is 97.8 Å². The largest absolute Gasteiger partial charge is 0.493 e. The van der Waals surface area contributed by atoms with E-state index in [0.717, 1.165) is 18.0 Å². The minimum atomic E-state index is 0.843. The molecule has 1 aliphatic rings. The van der Waals surface area contributed by atoms with Gasteiger partial charge in [0.15, 0.2) is 11.5 Å². The Balaban J connectivity index is 0.000000280. The van der Waals surface area contributed by atoms with Crippen molar-refractivity contribution in [3.8, 4) is 11.5 Å². The Hall–Kier alpha value is -1.22. The third kappa shape index (κ3) is 2.89. The van der Waals surface area contributed by atoms with Crippen LogP contribution in [-0.4, -0.2) is 27.8 Å². The third-order valence-electron chi connectivity index (χ3n) is 2.72. The van der Waals surface area contributed by atoms with Gasteiger partial charge in [0.05, 0.1) is 14.2 Å². The lowest BCUT2D eigenvalue weighted by Crippen LogP contribution is -2.08. The van der Waals surface area contributed by atoms with Gasteiger partial charge in [-0.3, -0.25) is 0 Å². The predicted octanol–water partition coefficient (Wildman–Crippen LogP) is 2.03. The van der Waals surface area contributed by atoms with Gasteiger partial charge in [-0.05, 0) is 49.7 Å². The summed E-state index contributed by atoms with van der Waals surface area (Å²) in [5, 5.41) is 2.93. The van der Waals surface area contributed by atoms with Crippen molar-refractivity contribution in [2.45, 2.75) is 19.8 Å². The Kier molecular flexibility index (Phi) is 5.12. The fraction of sp³-hybridized carbons (Fsp3) is 0.538. The van der Waals surface area contributed by atoms with Gasteiger partial charge in [0.25, 0.3) is 0 Å². The van der Waals surface area contributed by atoms with Gasteiger partial charge in [0.1, 0.15) is 0 Å². The van der Waals surface area contributed by atoms with Crippen LogP contribution >= 0.6 is 0 Å². The number of rotatable bonds is 3. The number of fused-ring (bicyclic) bond motifs is 1. The van der Waals surface area contributed by atoms with Crippen molar-refractivity contribution < 1.29 is 9.47 Å². The van der Waals surface area contributed by atoms with E-state index in [-0.39, 0.29) is 0 Å². The molecule has 1 N–H and O–H groups in total. The zero-order valence-corrected chi connectivity index (χ0v) is 10.6. The van der Waals surface area contributed by atoms with Crippen LogP contribution in [0.1, 0.15) is 18.1 Å². The van der Waals surface area contributed by atoms with Crippen LogP contribution in [-0.2, 0) is 12.8 Å². The lowest BCUT2D eigenvalue weighted by atomic mass is 9.88. The number of methoxy groups -OCH3 is 2. The van der Waals surface area contributed by atoms with E-state index in [4.69, 9.17) is 9.47 Å². The molecule has 0 unspecified atom stereocenters. The average molecular weight is 223 g/mol. The van der Waals surface area contributed by atoms with Crippen LogP contribution < -0.4 is 14.8 Å². The van der Waals surface area contributed by atoms with Gasteiger partial charge < -0.3 is 14.8 Å². The summed E-state index contributed by atoms with van der Waals surface area (Å²) in [6.45, 7) is 3.14. The van der Waals surface area contributed by atoms with Gasteiger partial charge in [-0.25, -0.2) is 0 Å². The van der Waals surface area contributed by atoms with Crippen LogP contribution in [0.4, 0.5) is 0 Å². The number of hydrogen-bond acceptors (Lipinski definition) is 3. The highest BCUT2D eigenvalue weighted by atomic mass is 16.5. The van der Waals surface area contributed by atoms with Crippen LogP contribution in [0.5, 0.6) is 11.5 Å². The Morgan fingerprint density at radius 2 is 1.44 bits per heavy atom. The standard InChI is InChI=1S/C10H12O2.C3H9N/c1-11-9-5-7-3-4-8(7)6-10(9)12-2;1-3-4-2/h5-6H,3-4H2,1-2H3;4H,3H2,1-2H3. The van der Waals surface area contributed by atoms with Crippen LogP contribution in [0, 0.1) is 0 Å². The molecule has 16 heavy (non-hydrogen) atoms. The molecule has 0 bridgehead atoms. The van der Waals surface area contributed by atoms with E-state index in [9.17, 15) is 0 Å². The normalized spacial score (nSPS) is 11.8. The molecule has 1 aliphatic carbocycles. The average Bonchev–Trinajstić information content (AvgIpc) is 2.31. The van der Waals surface area contributed by atoms with Crippen molar-refractivity contribution in [2.24, 2.45) is 0 Å². The maximum Gasteiger partial charge on any atom is 0.161 e. The van der Waals surface area contributed by atoms with E-state index in [1.165, 1.54) is 24.0 Å². The van der Waals surface area contributed by atoms with Crippen LogP contribution in [0.2, 0.25) is 0 Å². The molecule has 3 heteroatoms. The first-order valence-corrected chi connectivity index (χ1v) is 5.65. The summed E-state index contributed by atoms with van der Waals surface area (Å²) in [6.07, 6.45) is 2.35. The lowest BCUT2D eigenvalue weighted by Gasteiger charge is -2.20. The molecule has 0 saturated heterocycles. The maximum absolute atomic E-state index is 5.18. The molecule has 1 aromatic rings. The predicted molar refractivity (Wildman–Crippen MR) is 66.6 cm³/mol. The quantitative estimate of drug-likeness (QED) is 0.850. The SMILES string of the molecule is CCNC.COc1cc2c(cc1OC)CC2. The third-order valence-corrected chi connectivity index (χ3v) is 2.72. The van der Waals surface area contributed by atoms with Crippen molar-refractivity contribution in [1.29, 1.82) is 0 Å². The summed E-state index contributed by atoms with van der Waals surface area (Å²) < 4.78 is 10.4. The number of benzene rings is 1. The van der Waals surface area contributed by atoms with Gasteiger partial charge in [-0.2, -0.15) is 0 Å². The Bertz CT molecular complexity index is 304. The van der Waals surface area contributed by atoms with E-state index in [0.29, 0.717) is 0 Å². The summed E-state index contributed by atoms with van der Waals surface area (Å²) in [5.74, 6) is 1.69. The summed E-state index contributed by atoms with van der Waals surface area (Å²) in [5.41, 5.74) is 2.79. The molecular formula is C13H21NO2. The molecule has 0 radical (unpaired) electrons. The second-order valence-electron chi connectivity index (χ2n) is 3.68. The highest BCUT2D eigenvalue weighted by molar-refractivity contribution is 5.50. The van der Waals surface area contributed by atoms with Crippen LogP contribution in [0.25, 0.3) is 0 Å². The fourth-order valence-corrected chi connectivity index (χ4v) is 1.52. The molecule has 0 spiro atoms. The lowest BCUT2D eigenvalue weighted by molar-refractivity contribution is 0.353. The molecule has 0 heterocycles. The van der Waals surface area contributed by atoms with E-state index in [1.807, 2.05) is 7.05 Å². The van der Waals surface area contributed by atoms with Crippen LogP contribution in [0.15, 0.2) is 12.1 Å². The van der Waals surface area contributed by atoms with Gasteiger partial charge in [-0.15, -0.1) is 0 Å². The number of aryl methyl sites for hydroxylation is 2. The second-order valence-corrected chi connectivity index (χ2v) is 3.68. The summed E-state index contributed by atoms with van der Waals surface area (Å²) in [4.78, 5) is 0. The minimum Gasteiger partial charge on any atom is -0.493 e. The summed E-state index contributed by atoms with van der Waals surface area (Å²) in [7, 11) is 5.27. The van der Waals surface area contributed by atoms with Gasteiger partial charge in [-0.1, -0.05) is 6.92 Å². The molecule has 0 fully saturated rings. The summed E-state index contributed by atoms with van der Waals surface area (Å²) >= 11 is 0. The van der Waals surface area contributed by atoms with E-state index >= 15 is 0 Å². The highest BCUT2D eigenvalue weighted by Crippen LogP contribution is 2.35. The maximum atomic E-state index is 5.18. The molecular weight excluding hydrogens is 202 g/mol. The molecule has 0 saturated carbocycles. The Morgan fingerprint density at radius 3 is 1.62 bits per heavy atom. The first kappa shape index (κ1) is 12.8. The summed E-state index contributed by atoms with van der Waals surface area (Å²) in [6, 6.07) is 4.13. The highest BCUT2D eigenvalue weighted by Gasteiger charge is 2.16. The molecule has 2 rings (SSSR count). The molecule has 0 aliphatic heterocycles. The van der Waals surface area contributed by atoms with Crippen molar-refractivity contribution in [2.75, 3.05) is 27.8 Å². The van der Waals surface area contributed by atoms with Gasteiger partial charge in [0, 0.05) is 0 Å². The first-order chi connectivity index (χ1) is 7.76. The number of nitrogens with one attached hydrogen (secondary N) is 1. The van der Waals surface area contributed by atoms with Crippen molar-refractivity contribution in [3.63, 3.8) is 0 Å². The molecule has 0 aromatic heterocycles. The number of ether oxygens (including phenoxy) is 2. The monoisotopic (exact) mass is 223 g/mol. The molecule has 1 aromatic carbocycles. The smallest absolute Gasteiger partial charge is 0.161 e. The molecule has 0 amide bonds. The fourth-order valence-electron chi connectivity index (χ4n) is 1.52. The minimum absolute atomic E-state index is 0.843. The first-order valence-electron chi connectivity index (χ1n) is 5.65. The van der Waals surface area contributed by atoms with Gasteiger partial charge >= 0.3 is 0 Å². The zero-order chi connectivity index (χ0) is 12.0. The van der Waals surface area contributed by atoms with E-state index in [2.05, 4.69) is 24.4 Å². The topological polar surface area (TPSA) is 30.5 Å². The van der Waals surface area contributed by atoms with Crippen LogP contribution in [0.3, 0.4) is 0 Å². The van der Waals surface area contributed by atoms with Crippen molar-refractivity contribution in [3.05, 3.63) is 23.3 Å². The Morgan fingerprint density at radius 1 is 1.06 bits per heavy atom.